The van der Waals surface area contributed by atoms with Gasteiger partial charge >= 0.3 is 0 Å². The number of halogens is 1. The molecule has 1 saturated heterocycles. The average Bonchev–Trinajstić information content (AvgIpc) is 2.65. The molecule has 0 radical (unpaired) electrons. The zero-order valence-electron chi connectivity index (χ0n) is 15.8. The molecule has 5 nitrogen and oxygen atoms in total. The zero-order valence-corrected chi connectivity index (χ0v) is 18.2. The third-order valence-corrected chi connectivity index (χ3v) is 4.16. The molecule has 1 aliphatic rings. The lowest BCUT2D eigenvalue weighted by Crippen LogP contribution is -2.45. The second-order valence-electron chi connectivity index (χ2n) is 6.22. The number of piperidine rings is 1. The summed E-state index contributed by atoms with van der Waals surface area (Å²) in [4.78, 5) is 18.5. The maximum absolute atomic E-state index is 11.8. The maximum Gasteiger partial charge on any atom is 0.241 e. The van der Waals surface area contributed by atoms with Crippen molar-refractivity contribution in [1.82, 2.24) is 15.5 Å². The monoisotopic (exact) mass is 470 g/mol. The van der Waals surface area contributed by atoms with Gasteiger partial charge in [-0.05, 0) is 31.7 Å². The Balaban J connectivity index is 0.00000338. The van der Waals surface area contributed by atoms with E-state index in [1.807, 2.05) is 13.0 Å². The molecular formula is C20H31IN4O. The summed E-state index contributed by atoms with van der Waals surface area (Å²) >= 11 is 0. The molecule has 0 aromatic heterocycles. The van der Waals surface area contributed by atoms with Crippen LogP contribution in [0.1, 0.15) is 38.7 Å². The van der Waals surface area contributed by atoms with E-state index in [0.717, 1.165) is 44.9 Å². The maximum atomic E-state index is 11.8. The number of carbonyl (C=O) groups is 1. The summed E-state index contributed by atoms with van der Waals surface area (Å²) in [5, 5.41) is 6.17. The third kappa shape index (κ3) is 7.76. The summed E-state index contributed by atoms with van der Waals surface area (Å²) in [6, 6.07) is 10.5. The quantitative estimate of drug-likeness (QED) is 0.381. The Hall–Kier alpha value is -1.57. The van der Waals surface area contributed by atoms with Crippen LogP contribution >= 0.6 is 24.0 Å². The van der Waals surface area contributed by atoms with Crippen LogP contribution in [0.5, 0.6) is 0 Å². The van der Waals surface area contributed by atoms with Crippen molar-refractivity contribution in [1.29, 1.82) is 0 Å². The van der Waals surface area contributed by atoms with Crippen molar-refractivity contribution < 1.29 is 4.79 Å². The van der Waals surface area contributed by atoms with Gasteiger partial charge < -0.3 is 15.5 Å². The van der Waals surface area contributed by atoms with Crippen molar-refractivity contribution >= 4 is 41.9 Å². The molecule has 1 amide bonds. The number of hydrogen-bond donors (Lipinski definition) is 2. The molecule has 26 heavy (non-hydrogen) atoms. The fourth-order valence-electron chi connectivity index (χ4n) is 2.83. The van der Waals surface area contributed by atoms with E-state index in [0.29, 0.717) is 6.54 Å². The minimum Gasteiger partial charge on any atom is -0.357 e. The number of nitrogens with one attached hydrogen (secondary N) is 2. The number of guanidine groups is 1. The van der Waals surface area contributed by atoms with Crippen LogP contribution in [0.4, 0.5) is 0 Å². The Bertz CT molecular complexity index is 591. The van der Waals surface area contributed by atoms with E-state index in [1.165, 1.54) is 11.1 Å². The number of hydrogen-bond acceptors (Lipinski definition) is 2. The largest absolute Gasteiger partial charge is 0.357 e. The van der Waals surface area contributed by atoms with E-state index in [9.17, 15) is 4.79 Å². The first-order valence-electron chi connectivity index (χ1n) is 9.27. The number of nitrogens with zero attached hydrogens (tertiary/aromatic N) is 2. The fourth-order valence-corrected chi connectivity index (χ4v) is 2.83. The van der Waals surface area contributed by atoms with Gasteiger partial charge in [0.1, 0.15) is 6.54 Å². The number of aliphatic imine (C=N–C) groups is 1. The summed E-state index contributed by atoms with van der Waals surface area (Å²) < 4.78 is 0. The van der Waals surface area contributed by atoms with Gasteiger partial charge in [0.05, 0.1) is 0 Å². The molecule has 1 aromatic carbocycles. The van der Waals surface area contributed by atoms with E-state index in [1.54, 1.807) is 0 Å². The van der Waals surface area contributed by atoms with Crippen LogP contribution in [-0.2, 0) is 4.79 Å². The predicted octanol–water partition coefficient (Wildman–Crippen LogP) is 3.28. The summed E-state index contributed by atoms with van der Waals surface area (Å²) in [6.07, 6.45) is 5.29. The number of carbonyl (C=O) groups excluding carboxylic acids is 1. The highest BCUT2D eigenvalue weighted by Gasteiger charge is 2.17. The first-order chi connectivity index (χ1) is 12.2. The first kappa shape index (κ1) is 22.5. The minimum atomic E-state index is -0.0149. The second-order valence-corrected chi connectivity index (χ2v) is 6.22. The topological polar surface area (TPSA) is 56.7 Å². The highest BCUT2D eigenvalue weighted by Crippen LogP contribution is 2.19. The molecule has 1 aliphatic heterocycles. The van der Waals surface area contributed by atoms with Crippen LogP contribution in [0.3, 0.4) is 0 Å². The van der Waals surface area contributed by atoms with Gasteiger partial charge in [-0.15, -0.1) is 24.0 Å². The Morgan fingerprint density at radius 2 is 1.85 bits per heavy atom. The molecule has 1 aromatic rings. The lowest BCUT2D eigenvalue weighted by molar-refractivity contribution is -0.119. The van der Waals surface area contributed by atoms with Gasteiger partial charge in [-0.2, -0.15) is 0 Å². The average molecular weight is 470 g/mol. The van der Waals surface area contributed by atoms with Crippen LogP contribution in [0.2, 0.25) is 0 Å². The van der Waals surface area contributed by atoms with Gasteiger partial charge in [-0.1, -0.05) is 48.9 Å². The van der Waals surface area contributed by atoms with Gasteiger partial charge in [0.25, 0.3) is 0 Å². The molecule has 144 valence electrons. The van der Waals surface area contributed by atoms with E-state index in [2.05, 4.69) is 57.8 Å². The summed E-state index contributed by atoms with van der Waals surface area (Å²) in [6.45, 7) is 7.66. The molecule has 0 bridgehead atoms. The van der Waals surface area contributed by atoms with E-state index < -0.39 is 0 Å². The SMILES string of the molecule is CCCNC(=O)CN=C(NCC)N1CCC(=Cc2ccccc2)CC1.I. The highest BCUT2D eigenvalue weighted by atomic mass is 127. The van der Waals surface area contributed by atoms with Gasteiger partial charge in [0, 0.05) is 26.2 Å². The van der Waals surface area contributed by atoms with Crippen LogP contribution in [0, 0.1) is 0 Å². The number of rotatable bonds is 6. The predicted molar refractivity (Wildman–Crippen MR) is 120 cm³/mol. The van der Waals surface area contributed by atoms with Crippen molar-refractivity contribution in [3.05, 3.63) is 41.5 Å². The third-order valence-electron chi connectivity index (χ3n) is 4.16. The Morgan fingerprint density at radius 1 is 1.15 bits per heavy atom. The van der Waals surface area contributed by atoms with Crippen LogP contribution in [0.25, 0.3) is 6.08 Å². The number of likely N-dealkylation sites (tertiary alicyclic amines) is 1. The molecule has 2 N–H and O–H groups in total. The smallest absolute Gasteiger partial charge is 0.241 e. The minimum absolute atomic E-state index is 0. The van der Waals surface area contributed by atoms with Crippen LogP contribution < -0.4 is 10.6 Å². The van der Waals surface area contributed by atoms with Gasteiger partial charge in [0.15, 0.2) is 5.96 Å². The lowest BCUT2D eigenvalue weighted by atomic mass is 10.0. The number of benzene rings is 1. The lowest BCUT2D eigenvalue weighted by Gasteiger charge is -2.31. The Labute approximate surface area is 174 Å². The number of amides is 1. The van der Waals surface area contributed by atoms with E-state index in [4.69, 9.17) is 0 Å². The standard InChI is InChI=1S/C20H30N4O.HI/c1-3-12-22-19(25)16-23-20(21-4-2)24-13-10-18(11-14-24)15-17-8-6-5-7-9-17;/h5-9,15H,3-4,10-14,16H2,1-2H3,(H,21,23)(H,22,25);1H. The van der Waals surface area contributed by atoms with Crippen LogP contribution in [-0.4, -0.2) is 49.5 Å². The van der Waals surface area contributed by atoms with Crippen molar-refractivity contribution in [2.24, 2.45) is 4.99 Å². The van der Waals surface area contributed by atoms with Crippen molar-refractivity contribution in [2.45, 2.75) is 33.1 Å². The van der Waals surface area contributed by atoms with Crippen molar-refractivity contribution in [2.75, 3.05) is 32.7 Å². The second kappa shape index (κ2) is 12.7. The summed E-state index contributed by atoms with van der Waals surface area (Å²) in [5.41, 5.74) is 2.73. The first-order valence-corrected chi connectivity index (χ1v) is 9.27. The molecule has 0 saturated carbocycles. The highest BCUT2D eigenvalue weighted by molar-refractivity contribution is 14.0. The molecule has 1 fully saturated rings. The molecule has 0 aliphatic carbocycles. The van der Waals surface area contributed by atoms with E-state index in [-0.39, 0.29) is 36.4 Å². The molecule has 0 spiro atoms. The molecule has 2 rings (SSSR count). The molecule has 0 unspecified atom stereocenters. The zero-order chi connectivity index (χ0) is 17.9. The molecule has 1 heterocycles. The van der Waals surface area contributed by atoms with Gasteiger partial charge in [-0.25, -0.2) is 4.99 Å². The Kier molecular flexibility index (Phi) is 11.0. The molecule has 6 heteroatoms. The summed E-state index contributed by atoms with van der Waals surface area (Å²) in [5.74, 6) is 0.826. The van der Waals surface area contributed by atoms with E-state index >= 15 is 0 Å². The van der Waals surface area contributed by atoms with Crippen molar-refractivity contribution in [3.63, 3.8) is 0 Å². The Morgan fingerprint density at radius 3 is 2.46 bits per heavy atom. The van der Waals surface area contributed by atoms with Gasteiger partial charge in [-0.3, -0.25) is 4.79 Å². The van der Waals surface area contributed by atoms with Crippen molar-refractivity contribution in [3.8, 4) is 0 Å². The fraction of sp³-hybridized carbons (Fsp3) is 0.500. The van der Waals surface area contributed by atoms with Gasteiger partial charge in [0.2, 0.25) is 5.91 Å². The molecule has 0 atom stereocenters. The molecular weight excluding hydrogens is 439 g/mol. The normalized spacial score (nSPS) is 14.5. The van der Waals surface area contributed by atoms with Crippen LogP contribution in [0.15, 0.2) is 40.9 Å². The summed E-state index contributed by atoms with van der Waals surface area (Å²) in [7, 11) is 0.